The Kier molecular flexibility index (Phi) is 7.30. The summed E-state index contributed by atoms with van der Waals surface area (Å²) in [5.41, 5.74) is 3.01. The molecule has 2 aliphatic heterocycles. The molecule has 2 aliphatic rings. The zero-order valence-corrected chi connectivity index (χ0v) is 19.3. The van der Waals surface area contributed by atoms with E-state index in [2.05, 4.69) is 17.4 Å². The van der Waals surface area contributed by atoms with E-state index in [9.17, 15) is 19.1 Å². The van der Waals surface area contributed by atoms with Gasteiger partial charge in [0.05, 0.1) is 12.2 Å². The third-order valence-corrected chi connectivity index (χ3v) is 7.14. The van der Waals surface area contributed by atoms with Crippen LogP contribution >= 0.6 is 11.8 Å². The van der Waals surface area contributed by atoms with E-state index in [0.29, 0.717) is 12.3 Å². The molecule has 2 aromatic carbocycles. The van der Waals surface area contributed by atoms with Crippen molar-refractivity contribution in [1.29, 1.82) is 0 Å². The van der Waals surface area contributed by atoms with E-state index in [1.807, 2.05) is 18.2 Å². The van der Waals surface area contributed by atoms with Crippen LogP contribution in [0.25, 0.3) is 0 Å². The van der Waals surface area contributed by atoms with E-state index in [0.717, 1.165) is 46.9 Å². The Morgan fingerprint density at radius 3 is 2.82 bits per heavy atom. The normalized spacial score (nSPS) is 20.8. The molecule has 0 aliphatic carbocycles. The number of thioether (sulfide) groups is 1. The van der Waals surface area contributed by atoms with Crippen LogP contribution in [0.2, 0.25) is 0 Å². The van der Waals surface area contributed by atoms with Gasteiger partial charge < -0.3 is 10.0 Å². The summed E-state index contributed by atoms with van der Waals surface area (Å²) in [5, 5.41) is 13.7. The topological polar surface area (TPSA) is 69.6 Å². The minimum atomic E-state index is -0.599. The van der Waals surface area contributed by atoms with Gasteiger partial charge in [0, 0.05) is 23.3 Å². The fourth-order valence-electron chi connectivity index (χ4n) is 4.40. The van der Waals surface area contributed by atoms with Crippen LogP contribution in [0.5, 0.6) is 0 Å². The number of amides is 1. The Bertz CT molecular complexity index is 1110. The summed E-state index contributed by atoms with van der Waals surface area (Å²) in [6, 6.07) is 12.8. The molecule has 1 fully saturated rings. The van der Waals surface area contributed by atoms with Crippen LogP contribution in [0, 0.1) is 5.82 Å². The molecule has 2 N–H and O–H groups in total. The maximum absolute atomic E-state index is 14.0. The number of hydrogen-bond donors (Lipinski definition) is 2. The lowest BCUT2D eigenvalue weighted by atomic mass is 9.93. The minimum Gasteiger partial charge on any atom is -0.504 e. The van der Waals surface area contributed by atoms with Crippen molar-refractivity contribution in [3.63, 3.8) is 0 Å². The molecule has 0 bridgehead atoms. The first kappa shape index (κ1) is 23.3. The number of allylic oxidation sites excluding steroid dienone is 2. The first-order chi connectivity index (χ1) is 16.0. The van der Waals surface area contributed by atoms with Crippen molar-refractivity contribution in [3.8, 4) is 0 Å². The average Bonchev–Trinajstić information content (AvgIpc) is 2.96. The number of rotatable bonds is 5. The number of nitrogens with one attached hydrogen (secondary N) is 1. The van der Waals surface area contributed by atoms with Gasteiger partial charge in [-0.25, -0.2) is 4.39 Å². The largest absolute Gasteiger partial charge is 0.504 e. The zero-order chi connectivity index (χ0) is 23.4. The maximum Gasteiger partial charge on any atom is 0.251 e. The lowest BCUT2D eigenvalue weighted by Gasteiger charge is -2.38. The van der Waals surface area contributed by atoms with Crippen LogP contribution in [0.1, 0.15) is 48.9 Å². The van der Waals surface area contributed by atoms with Crippen LogP contribution in [-0.2, 0) is 15.3 Å². The molecule has 7 heteroatoms. The average molecular weight is 467 g/mol. The number of ketones is 1. The predicted octanol–water partition coefficient (Wildman–Crippen LogP) is 5.04. The smallest absolute Gasteiger partial charge is 0.251 e. The van der Waals surface area contributed by atoms with E-state index in [1.54, 1.807) is 29.7 Å². The molecular formula is C26H27FN2O3S. The molecule has 1 amide bonds. The highest BCUT2D eigenvalue weighted by atomic mass is 32.2. The molecule has 5 nitrogen and oxygen atoms in total. The lowest BCUT2D eigenvalue weighted by Crippen LogP contribution is -2.52. The van der Waals surface area contributed by atoms with E-state index >= 15 is 0 Å². The summed E-state index contributed by atoms with van der Waals surface area (Å²) >= 11 is 1.68. The summed E-state index contributed by atoms with van der Waals surface area (Å²) in [6.45, 7) is 2.20. The molecule has 0 unspecified atom stereocenters. The molecule has 172 valence electrons. The highest BCUT2D eigenvalue weighted by molar-refractivity contribution is 7.98. The second-order valence-corrected chi connectivity index (χ2v) is 9.22. The molecule has 2 aromatic rings. The van der Waals surface area contributed by atoms with Crippen LogP contribution in [0.4, 0.5) is 4.39 Å². The van der Waals surface area contributed by atoms with Crippen molar-refractivity contribution in [1.82, 2.24) is 10.2 Å². The van der Waals surface area contributed by atoms with Gasteiger partial charge >= 0.3 is 0 Å². The highest BCUT2D eigenvalue weighted by Crippen LogP contribution is 2.40. The first-order valence-electron chi connectivity index (χ1n) is 11.1. The van der Waals surface area contributed by atoms with Gasteiger partial charge in [-0.1, -0.05) is 30.3 Å². The minimum absolute atomic E-state index is 0.215. The number of fused-ring (bicyclic) bond motifs is 2. The molecule has 4 rings (SSSR count). The third kappa shape index (κ3) is 5.20. The summed E-state index contributed by atoms with van der Waals surface area (Å²) in [6.07, 6.45) is 6.00. The molecule has 2 atom stereocenters. The van der Waals surface area contributed by atoms with Crippen molar-refractivity contribution in [2.24, 2.45) is 0 Å². The molecule has 0 saturated carbocycles. The number of aliphatic hydroxyl groups is 1. The van der Waals surface area contributed by atoms with Gasteiger partial charge in [0.15, 0.2) is 5.76 Å². The number of nitrogens with zero attached hydrogens (tertiary/aromatic N) is 1. The monoisotopic (exact) mass is 466 g/mol. The van der Waals surface area contributed by atoms with Crippen LogP contribution in [0.15, 0.2) is 71.3 Å². The highest BCUT2D eigenvalue weighted by Gasteiger charge is 2.32. The summed E-state index contributed by atoms with van der Waals surface area (Å²) in [7, 11) is 0. The number of carbonyl (C=O) groups is 2. The number of likely N-dealkylation sites (tertiary alicyclic amines) is 1. The molecular weight excluding hydrogens is 439 g/mol. The van der Waals surface area contributed by atoms with Crippen LogP contribution in [-0.4, -0.2) is 34.4 Å². The number of carbonyl (C=O) groups excluding carboxylic acids is 2. The standard InChI is InChI=1S/C26H27FN2O3S/c1-2-7-21(30)22(31)15-25(32)29-13-6-5-10-24(29)28-26-19-12-11-18(27)14-17(19)16-33-23-9-4-3-8-20(23)26/h2-4,7-9,11-12,14-15,24,26,28,31H,5-6,10,13,16H2,1H3/b7-2-,22-15-/t24-,26-/m0/s1. The Morgan fingerprint density at radius 1 is 1.18 bits per heavy atom. The summed E-state index contributed by atoms with van der Waals surface area (Å²) in [4.78, 5) is 27.7. The molecule has 33 heavy (non-hydrogen) atoms. The van der Waals surface area contributed by atoms with Crippen LogP contribution in [0.3, 0.4) is 0 Å². The second kappa shape index (κ2) is 10.4. The number of aliphatic hydroxyl groups excluding tert-OH is 1. The van der Waals surface area contributed by atoms with Crippen molar-refractivity contribution in [2.75, 3.05) is 6.54 Å². The second-order valence-electron chi connectivity index (χ2n) is 8.21. The number of piperidine rings is 1. The van der Waals surface area contributed by atoms with Crippen molar-refractivity contribution in [3.05, 3.63) is 89.0 Å². The number of halogens is 1. The van der Waals surface area contributed by atoms with Gasteiger partial charge in [-0.05, 0) is 67.2 Å². The fourth-order valence-corrected chi connectivity index (χ4v) is 5.49. The maximum atomic E-state index is 14.0. The zero-order valence-electron chi connectivity index (χ0n) is 18.5. The quantitative estimate of drug-likeness (QED) is 0.478. The SMILES string of the molecule is C/C=C\C(=O)/C(O)=C/C(=O)N1CCCC[C@H]1N[C@H]1c2ccc(F)cc2CSc2ccccc21. The van der Waals surface area contributed by atoms with Crippen molar-refractivity contribution in [2.45, 2.75) is 49.0 Å². The molecule has 0 spiro atoms. The van der Waals surface area contributed by atoms with Gasteiger partial charge in [-0.2, -0.15) is 0 Å². The summed E-state index contributed by atoms with van der Waals surface area (Å²) < 4.78 is 14.0. The van der Waals surface area contributed by atoms with Crippen molar-refractivity contribution < 1.29 is 19.1 Å². The Labute approximate surface area is 197 Å². The molecule has 0 radical (unpaired) electrons. The fraction of sp³-hybridized carbons (Fsp3) is 0.308. The van der Waals surface area contributed by atoms with Gasteiger partial charge in [-0.15, -0.1) is 11.8 Å². The Hall–Kier alpha value is -2.90. The number of benzene rings is 2. The lowest BCUT2D eigenvalue weighted by molar-refractivity contribution is -0.131. The number of hydrogen-bond acceptors (Lipinski definition) is 5. The predicted molar refractivity (Wildman–Crippen MR) is 127 cm³/mol. The van der Waals surface area contributed by atoms with E-state index in [1.165, 1.54) is 18.2 Å². The van der Waals surface area contributed by atoms with Gasteiger partial charge in [0.2, 0.25) is 5.78 Å². The summed E-state index contributed by atoms with van der Waals surface area (Å²) in [5.74, 6) is -1.17. The third-order valence-electron chi connectivity index (χ3n) is 6.00. The van der Waals surface area contributed by atoms with E-state index in [-0.39, 0.29) is 18.0 Å². The van der Waals surface area contributed by atoms with E-state index in [4.69, 9.17) is 0 Å². The van der Waals surface area contributed by atoms with Crippen molar-refractivity contribution >= 4 is 23.5 Å². The van der Waals surface area contributed by atoms with Gasteiger partial charge in [0.25, 0.3) is 5.91 Å². The molecule has 0 aromatic heterocycles. The van der Waals surface area contributed by atoms with Gasteiger partial charge in [0.1, 0.15) is 5.82 Å². The molecule has 2 heterocycles. The van der Waals surface area contributed by atoms with Gasteiger partial charge in [-0.3, -0.25) is 14.9 Å². The van der Waals surface area contributed by atoms with Crippen LogP contribution < -0.4 is 5.32 Å². The molecule has 1 saturated heterocycles. The first-order valence-corrected chi connectivity index (χ1v) is 12.1. The van der Waals surface area contributed by atoms with E-state index < -0.39 is 17.4 Å². The Balaban J connectivity index is 1.66. The Morgan fingerprint density at radius 2 is 2.00 bits per heavy atom.